The number of carbonyl (C=O) groups is 4. The first-order valence-electron chi connectivity index (χ1n) is 12.5. The Bertz CT molecular complexity index is 1210. The molecule has 2 aromatic carbocycles. The minimum Gasteiger partial charge on any atom is -0.481 e. The van der Waals surface area contributed by atoms with Crippen LogP contribution in [0, 0.1) is 0 Å². The standard InChI is InChI=1S/C30H32N2O7/c1-3-5-12-24(9-4-2)39-30(37)31-25(19-29(35)36)27(33)20-38-32-26(17-18-28(32)34)23-15-13-22(14-16-23)21-10-7-6-8-11-21/h3-8,10-16,24-26H,1-2,9,17-20H2,(H,31,37)(H,35,36). The topological polar surface area (TPSA) is 122 Å². The molecule has 0 radical (unpaired) electrons. The predicted octanol–water partition coefficient (Wildman–Crippen LogP) is 4.77. The number of rotatable bonds is 14. The predicted molar refractivity (Wildman–Crippen MR) is 145 cm³/mol. The van der Waals surface area contributed by atoms with Crippen LogP contribution >= 0.6 is 0 Å². The lowest BCUT2D eigenvalue weighted by Crippen LogP contribution is -2.45. The van der Waals surface area contributed by atoms with Crippen LogP contribution in [0.5, 0.6) is 0 Å². The van der Waals surface area contributed by atoms with E-state index in [0.717, 1.165) is 21.8 Å². The maximum absolute atomic E-state index is 12.9. The molecule has 2 N–H and O–H groups in total. The van der Waals surface area contributed by atoms with Crippen LogP contribution in [0.1, 0.15) is 37.3 Å². The molecule has 1 saturated heterocycles. The summed E-state index contributed by atoms with van der Waals surface area (Å²) >= 11 is 0. The van der Waals surface area contributed by atoms with Crippen molar-refractivity contribution in [3.8, 4) is 11.1 Å². The quantitative estimate of drug-likeness (QED) is 0.265. The fraction of sp³-hybridized carbons (Fsp3) is 0.267. The number of carboxylic acid groups (broad SMARTS) is 1. The van der Waals surface area contributed by atoms with Crippen LogP contribution in [0.3, 0.4) is 0 Å². The maximum Gasteiger partial charge on any atom is 0.408 e. The van der Waals surface area contributed by atoms with Crippen molar-refractivity contribution in [1.82, 2.24) is 10.4 Å². The largest absolute Gasteiger partial charge is 0.481 e. The minimum absolute atomic E-state index is 0.241. The maximum atomic E-state index is 12.9. The lowest BCUT2D eigenvalue weighted by molar-refractivity contribution is -0.192. The Morgan fingerprint density at radius 1 is 1.08 bits per heavy atom. The molecule has 3 rings (SSSR count). The van der Waals surface area contributed by atoms with E-state index in [1.165, 1.54) is 6.08 Å². The van der Waals surface area contributed by atoms with Gasteiger partial charge in [0.05, 0.1) is 12.5 Å². The number of carbonyl (C=O) groups excluding carboxylic acids is 3. The summed E-state index contributed by atoms with van der Waals surface area (Å²) in [6, 6.07) is 15.8. The summed E-state index contributed by atoms with van der Waals surface area (Å²) in [6.45, 7) is 6.56. The first-order valence-corrected chi connectivity index (χ1v) is 12.5. The van der Waals surface area contributed by atoms with Crippen LogP contribution < -0.4 is 5.32 Å². The van der Waals surface area contributed by atoms with Gasteiger partial charge in [0.15, 0.2) is 5.78 Å². The van der Waals surface area contributed by atoms with Crippen molar-refractivity contribution in [1.29, 1.82) is 0 Å². The highest BCUT2D eigenvalue weighted by Gasteiger charge is 2.35. The van der Waals surface area contributed by atoms with Crippen LogP contribution in [-0.2, 0) is 24.0 Å². The highest BCUT2D eigenvalue weighted by Crippen LogP contribution is 2.34. The second kappa shape index (κ2) is 14.4. The molecule has 9 nitrogen and oxygen atoms in total. The average molecular weight is 533 g/mol. The summed E-state index contributed by atoms with van der Waals surface area (Å²) in [5, 5.41) is 12.7. The number of allylic oxidation sites excluding steroid dienone is 2. The number of amides is 2. The third-order valence-corrected chi connectivity index (χ3v) is 6.09. The van der Waals surface area contributed by atoms with Gasteiger partial charge in [0.25, 0.3) is 0 Å². The molecule has 2 amide bonds. The molecule has 0 aromatic heterocycles. The Balaban J connectivity index is 1.64. The highest BCUT2D eigenvalue weighted by molar-refractivity contribution is 5.91. The van der Waals surface area contributed by atoms with E-state index in [1.54, 1.807) is 18.2 Å². The van der Waals surface area contributed by atoms with Gasteiger partial charge >= 0.3 is 12.1 Å². The van der Waals surface area contributed by atoms with Crippen molar-refractivity contribution in [2.75, 3.05) is 6.61 Å². The van der Waals surface area contributed by atoms with E-state index < -0.39 is 49.1 Å². The molecular formula is C30H32N2O7. The zero-order valence-electron chi connectivity index (χ0n) is 21.5. The van der Waals surface area contributed by atoms with Gasteiger partial charge in [-0.05, 0) is 29.2 Å². The first-order chi connectivity index (χ1) is 18.8. The van der Waals surface area contributed by atoms with Crippen LogP contribution in [-0.4, -0.2) is 52.7 Å². The molecule has 1 aliphatic heterocycles. The van der Waals surface area contributed by atoms with E-state index in [9.17, 15) is 24.3 Å². The Hall–Kier alpha value is -4.50. The highest BCUT2D eigenvalue weighted by atomic mass is 16.7. The Morgan fingerprint density at radius 2 is 1.77 bits per heavy atom. The minimum atomic E-state index is -1.41. The van der Waals surface area contributed by atoms with Gasteiger partial charge < -0.3 is 15.2 Å². The normalized spacial score (nSPS) is 16.5. The number of hydroxylamine groups is 2. The summed E-state index contributed by atoms with van der Waals surface area (Å²) in [4.78, 5) is 54.7. The number of benzene rings is 2. The number of alkyl carbamates (subject to hydrolysis) is 1. The average Bonchev–Trinajstić information content (AvgIpc) is 3.30. The number of hydrogen-bond donors (Lipinski definition) is 2. The fourth-order valence-corrected chi connectivity index (χ4v) is 4.15. The van der Waals surface area contributed by atoms with Gasteiger partial charge in [-0.25, -0.2) is 9.86 Å². The number of ether oxygens (including phenoxy) is 1. The molecule has 39 heavy (non-hydrogen) atoms. The van der Waals surface area contributed by atoms with Crippen LogP contribution in [0.4, 0.5) is 4.79 Å². The molecule has 2 aromatic rings. The summed E-state index contributed by atoms with van der Waals surface area (Å²) in [6.07, 6.45) is 4.97. The van der Waals surface area contributed by atoms with Gasteiger partial charge in [0, 0.05) is 12.8 Å². The molecule has 1 fully saturated rings. The van der Waals surface area contributed by atoms with E-state index in [2.05, 4.69) is 18.5 Å². The van der Waals surface area contributed by atoms with Crippen molar-refractivity contribution < 1.29 is 33.9 Å². The van der Waals surface area contributed by atoms with E-state index in [0.29, 0.717) is 12.8 Å². The van der Waals surface area contributed by atoms with Gasteiger partial charge in [-0.3, -0.25) is 19.2 Å². The Labute approximate surface area is 227 Å². The molecule has 0 spiro atoms. The Morgan fingerprint density at radius 3 is 2.41 bits per heavy atom. The zero-order valence-corrected chi connectivity index (χ0v) is 21.5. The number of aliphatic carboxylic acids is 1. The van der Waals surface area contributed by atoms with Gasteiger partial charge in [-0.2, -0.15) is 0 Å². The van der Waals surface area contributed by atoms with Crippen molar-refractivity contribution in [2.45, 2.75) is 43.9 Å². The molecule has 0 bridgehead atoms. The summed E-state index contributed by atoms with van der Waals surface area (Å²) in [5.74, 6) is -2.30. The summed E-state index contributed by atoms with van der Waals surface area (Å²) in [7, 11) is 0. The van der Waals surface area contributed by atoms with Gasteiger partial charge in [0.1, 0.15) is 18.8 Å². The SMILES string of the molecule is C=CC=CC(CC=C)OC(=O)NC(CC(=O)O)C(=O)CON1C(=O)CCC1c1ccc(-c2ccccc2)cc1. The van der Waals surface area contributed by atoms with E-state index in [-0.39, 0.29) is 12.3 Å². The molecule has 0 saturated carbocycles. The second-order valence-electron chi connectivity index (χ2n) is 8.89. The molecule has 1 heterocycles. The van der Waals surface area contributed by atoms with Crippen LogP contribution in [0.25, 0.3) is 11.1 Å². The molecule has 0 aliphatic carbocycles. The van der Waals surface area contributed by atoms with Gasteiger partial charge in [-0.15, -0.1) is 6.58 Å². The molecule has 3 unspecified atom stereocenters. The third kappa shape index (κ3) is 8.51. The lowest BCUT2D eigenvalue weighted by atomic mass is 10.00. The van der Waals surface area contributed by atoms with E-state index in [4.69, 9.17) is 9.57 Å². The van der Waals surface area contributed by atoms with Gasteiger partial charge in [-0.1, -0.05) is 79.4 Å². The zero-order chi connectivity index (χ0) is 28.2. The van der Waals surface area contributed by atoms with Crippen molar-refractivity contribution >= 4 is 23.8 Å². The smallest absolute Gasteiger partial charge is 0.408 e. The molecular weight excluding hydrogens is 500 g/mol. The number of carboxylic acids is 1. The summed E-state index contributed by atoms with van der Waals surface area (Å²) in [5.41, 5.74) is 2.93. The number of hydrogen-bond acceptors (Lipinski definition) is 6. The molecule has 204 valence electrons. The first kappa shape index (κ1) is 29.1. The number of nitrogens with one attached hydrogen (secondary N) is 1. The fourth-order valence-electron chi connectivity index (χ4n) is 4.15. The number of nitrogens with zero attached hydrogens (tertiary/aromatic N) is 1. The molecule has 9 heteroatoms. The van der Waals surface area contributed by atoms with E-state index in [1.807, 2.05) is 54.6 Å². The number of Topliss-reactive ketones (excluding diaryl/α,β-unsaturated/α-hetero) is 1. The number of ketones is 1. The second-order valence-corrected chi connectivity index (χ2v) is 8.89. The van der Waals surface area contributed by atoms with Crippen LogP contribution in [0.2, 0.25) is 0 Å². The van der Waals surface area contributed by atoms with E-state index >= 15 is 0 Å². The lowest BCUT2D eigenvalue weighted by Gasteiger charge is -2.25. The summed E-state index contributed by atoms with van der Waals surface area (Å²) < 4.78 is 5.26. The van der Waals surface area contributed by atoms with Crippen molar-refractivity contribution in [3.63, 3.8) is 0 Å². The van der Waals surface area contributed by atoms with Crippen molar-refractivity contribution in [3.05, 3.63) is 97.6 Å². The van der Waals surface area contributed by atoms with Gasteiger partial charge in [0.2, 0.25) is 5.91 Å². The Kier molecular flexibility index (Phi) is 10.8. The molecule has 3 atom stereocenters. The van der Waals surface area contributed by atoms with Crippen LogP contribution in [0.15, 0.2) is 92.1 Å². The monoisotopic (exact) mass is 532 g/mol. The third-order valence-electron chi connectivity index (χ3n) is 6.09. The van der Waals surface area contributed by atoms with Crippen molar-refractivity contribution in [2.24, 2.45) is 0 Å². The molecule has 1 aliphatic rings.